The van der Waals surface area contributed by atoms with Crippen molar-refractivity contribution in [2.75, 3.05) is 19.6 Å². The summed E-state index contributed by atoms with van der Waals surface area (Å²) >= 11 is 0. The molecule has 1 aliphatic carbocycles. The first kappa shape index (κ1) is 14.5. The molecule has 1 aliphatic rings. The molecule has 1 saturated carbocycles. The van der Waals surface area contributed by atoms with E-state index in [1.165, 1.54) is 6.42 Å². The zero-order valence-corrected chi connectivity index (χ0v) is 11.3. The highest BCUT2D eigenvalue weighted by Crippen LogP contribution is 2.31. The van der Waals surface area contributed by atoms with Crippen LogP contribution in [0.5, 0.6) is 0 Å². The Labute approximate surface area is 105 Å². The fraction of sp³-hybridized carbons (Fsp3) is 0.929. The number of carbonyl (C=O) groups is 1. The summed E-state index contributed by atoms with van der Waals surface area (Å²) in [6, 6.07) is 0. The Morgan fingerprint density at radius 2 is 1.76 bits per heavy atom. The monoisotopic (exact) mass is 241 g/mol. The van der Waals surface area contributed by atoms with Gasteiger partial charge in [0.25, 0.3) is 0 Å². The van der Waals surface area contributed by atoms with Crippen LogP contribution in [0.3, 0.4) is 0 Å². The molecule has 3 nitrogen and oxygen atoms in total. The van der Waals surface area contributed by atoms with Crippen LogP contribution in [0, 0.1) is 11.8 Å². The maximum Gasteiger partial charge on any atom is 0.306 e. The zero-order chi connectivity index (χ0) is 12.7. The molecule has 0 aromatic carbocycles. The number of hydrogen-bond acceptors (Lipinski definition) is 2. The van der Waals surface area contributed by atoms with E-state index < -0.39 is 5.97 Å². The van der Waals surface area contributed by atoms with Gasteiger partial charge in [0, 0.05) is 6.54 Å². The maximum atomic E-state index is 11.2. The van der Waals surface area contributed by atoms with Crippen LogP contribution in [-0.4, -0.2) is 35.6 Å². The van der Waals surface area contributed by atoms with Crippen LogP contribution in [0.1, 0.15) is 52.4 Å². The second-order valence-electron chi connectivity index (χ2n) is 5.29. The molecule has 1 fully saturated rings. The van der Waals surface area contributed by atoms with Crippen LogP contribution in [0.15, 0.2) is 0 Å². The Balaban J connectivity index is 2.52. The summed E-state index contributed by atoms with van der Waals surface area (Å²) in [6.07, 6.45) is 6.59. The van der Waals surface area contributed by atoms with Crippen molar-refractivity contribution in [3.8, 4) is 0 Å². The van der Waals surface area contributed by atoms with Gasteiger partial charge in [0.15, 0.2) is 0 Å². The van der Waals surface area contributed by atoms with Crippen molar-refractivity contribution in [3.63, 3.8) is 0 Å². The molecule has 0 radical (unpaired) electrons. The lowest BCUT2D eigenvalue weighted by Gasteiger charge is -2.33. The van der Waals surface area contributed by atoms with Gasteiger partial charge in [0.2, 0.25) is 0 Å². The third-order valence-corrected chi connectivity index (χ3v) is 3.80. The highest BCUT2D eigenvalue weighted by atomic mass is 16.4. The summed E-state index contributed by atoms with van der Waals surface area (Å²) in [5, 5.41) is 9.26. The number of hydrogen-bond donors (Lipinski definition) is 1. The van der Waals surface area contributed by atoms with Gasteiger partial charge in [-0.25, -0.2) is 0 Å². The van der Waals surface area contributed by atoms with E-state index in [1.807, 2.05) is 0 Å². The van der Waals surface area contributed by atoms with Gasteiger partial charge in [-0.1, -0.05) is 26.7 Å². The van der Waals surface area contributed by atoms with Crippen LogP contribution in [0.2, 0.25) is 0 Å². The number of aliphatic carboxylic acids is 1. The fourth-order valence-electron chi connectivity index (χ4n) is 3.01. The van der Waals surface area contributed by atoms with Crippen LogP contribution in [-0.2, 0) is 4.79 Å². The lowest BCUT2D eigenvalue weighted by molar-refractivity contribution is -0.145. The van der Waals surface area contributed by atoms with Crippen LogP contribution in [0.4, 0.5) is 0 Å². The van der Waals surface area contributed by atoms with Crippen LogP contribution < -0.4 is 0 Å². The van der Waals surface area contributed by atoms with Gasteiger partial charge < -0.3 is 10.0 Å². The Morgan fingerprint density at radius 3 is 2.29 bits per heavy atom. The molecule has 17 heavy (non-hydrogen) atoms. The lowest BCUT2D eigenvalue weighted by atomic mass is 9.79. The van der Waals surface area contributed by atoms with Gasteiger partial charge in [0.05, 0.1) is 5.92 Å². The first-order valence-electron chi connectivity index (χ1n) is 7.14. The van der Waals surface area contributed by atoms with Gasteiger partial charge in [-0.3, -0.25) is 4.79 Å². The highest BCUT2D eigenvalue weighted by molar-refractivity contribution is 5.70. The second-order valence-corrected chi connectivity index (χ2v) is 5.29. The van der Waals surface area contributed by atoms with Crippen molar-refractivity contribution in [2.45, 2.75) is 52.4 Å². The number of rotatable bonds is 7. The minimum Gasteiger partial charge on any atom is -0.481 e. The van der Waals surface area contributed by atoms with Crippen molar-refractivity contribution in [3.05, 3.63) is 0 Å². The van der Waals surface area contributed by atoms with Gasteiger partial charge in [-0.2, -0.15) is 0 Å². The molecule has 0 bridgehead atoms. The topological polar surface area (TPSA) is 40.5 Å². The van der Waals surface area contributed by atoms with E-state index in [0.29, 0.717) is 5.92 Å². The van der Waals surface area contributed by atoms with E-state index in [9.17, 15) is 9.90 Å². The van der Waals surface area contributed by atoms with E-state index in [1.54, 1.807) is 0 Å². The quantitative estimate of drug-likeness (QED) is 0.745. The normalized spacial score (nSPS) is 25.1. The zero-order valence-electron chi connectivity index (χ0n) is 11.3. The van der Waals surface area contributed by atoms with E-state index in [-0.39, 0.29) is 5.92 Å². The molecule has 1 N–H and O–H groups in total. The van der Waals surface area contributed by atoms with Gasteiger partial charge in [-0.15, -0.1) is 0 Å². The SMILES string of the molecule is CCCN(CCC)CC1CCCCC1C(=O)O. The van der Waals surface area contributed by atoms with Gasteiger partial charge in [-0.05, 0) is 44.7 Å². The summed E-state index contributed by atoms with van der Waals surface area (Å²) in [6.45, 7) is 7.59. The predicted octanol–water partition coefficient (Wildman–Crippen LogP) is 3.00. The number of carboxylic acid groups (broad SMARTS) is 1. The van der Waals surface area contributed by atoms with E-state index in [2.05, 4.69) is 18.7 Å². The second kappa shape index (κ2) is 7.70. The molecule has 0 amide bonds. The molecule has 0 aromatic rings. The van der Waals surface area contributed by atoms with Crippen molar-refractivity contribution in [1.82, 2.24) is 4.90 Å². The van der Waals surface area contributed by atoms with E-state index in [0.717, 1.165) is 51.7 Å². The molecule has 0 heterocycles. The largest absolute Gasteiger partial charge is 0.481 e. The third kappa shape index (κ3) is 4.66. The molecular weight excluding hydrogens is 214 g/mol. The Morgan fingerprint density at radius 1 is 1.18 bits per heavy atom. The molecule has 2 atom stereocenters. The smallest absolute Gasteiger partial charge is 0.306 e. The molecule has 0 aliphatic heterocycles. The molecule has 100 valence electrons. The summed E-state index contributed by atoms with van der Waals surface area (Å²) in [5.41, 5.74) is 0. The fourth-order valence-corrected chi connectivity index (χ4v) is 3.01. The average molecular weight is 241 g/mol. The molecule has 3 heteroatoms. The summed E-state index contributed by atoms with van der Waals surface area (Å²) in [5.74, 6) is -0.304. The molecule has 0 saturated heterocycles. The minimum atomic E-state index is -0.581. The Bertz CT molecular complexity index is 224. The minimum absolute atomic E-state index is 0.0973. The summed E-state index contributed by atoms with van der Waals surface area (Å²) in [4.78, 5) is 13.7. The Hall–Kier alpha value is -0.570. The number of carboxylic acids is 1. The maximum absolute atomic E-state index is 11.2. The highest BCUT2D eigenvalue weighted by Gasteiger charge is 2.31. The summed E-state index contributed by atoms with van der Waals surface area (Å²) in [7, 11) is 0. The number of nitrogens with zero attached hydrogens (tertiary/aromatic N) is 1. The molecule has 2 unspecified atom stereocenters. The van der Waals surface area contributed by atoms with Crippen molar-refractivity contribution < 1.29 is 9.90 Å². The van der Waals surface area contributed by atoms with Crippen molar-refractivity contribution >= 4 is 5.97 Å². The van der Waals surface area contributed by atoms with Crippen molar-refractivity contribution in [2.24, 2.45) is 11.8 Å². The summed E-state index contributed by atoms with van der Waals surface area (Å²) < 4.78 is 0. The average Bonchev–Trinajstić information content (AvgIpc) is 2.30. The molecular formula is C14H27NO2. The standard InChI is InChI=1S/C14H27NO2/c1-3-9-15(10-4-2)11-12-7-5-6-8-13(12)14(16)17/h12-13H,3-11H2,1-2H3,(H,16,17). The van der Waals surface area contributed by atoms with E-state index >= 15 is 0 Å². The lowest BCUT2D eigenvalue weighted by Crippen LogP contribution is -2.38. The molecule has 0 aromatic heterocycles. The van der Waals surface area contributed by atoms with Gasteiger partial charge in [0.1, 0.15) is 0 Å². The molecule has 0 spiro atoms. The van der Waals surface area contributed by atoms with Crippen LogP contribution in [0.25, 0.3) is 0 Å². The molecule has 1 rings (SSSR count). The van der Waals surface area contributed by atoms with E-state index in [4.69, 9.17) is 0 Å². The Kier molecular flexibility index (Phi) is 6.56. The predicted molar refractivity (Wildman–Crippen MR) is 70.1 cm³/mol. The first-order valence-corrected chi connectivity index (χ1v) is 7.14. The van der Waals surface area contributed by atoms with Gasteiger partial charge >= 0.3 is 5.97 Å². The third-order valence-electron chi connectivity index (χ3n) is 3.80. The first-order chi connectivity index (χ1) is 8.19. The van der Waals surface area contributed by atoms with Crippen molar-refractivity contribution in [1.29, 1.82) is 0 Å². The van der Waals surface area contributed by atoms with Crippen LogP contribution >= 0.6 is 0 Å².